The largest absolute Gasteiger partial charge is 0.491 e. The number of piperidine rings is 1. The van der Waals surface area contributed by atoms with Gasteiger partial charge in [-0.15, -0.1) is 0 Å². The van der Waals surface area contributed by atoms with E-state index in [2.05, 4.69) is 65.6 Å². The summed E-state index contributed by atoms with van der Waals surface area (Å²) in [6.07, 6.45) is 6.49. The predicted molar refractivity (Wildman–Crippen MR) is 132 cm³/mol. The van der Waals surface area contributed by atoms with Crippen LogP contribution in [0.3, 0.4) is 0 Å². The molecule has 2 aliphatic rings. The first kappa shape index (κ1) is 21.2. The van der Waals surface area contributed by atoms with Crippen molar-refractivity contribution in [1.29, 1.82) is 0 Å². The Balaban J connectivity index is 1.31. The minimum absolute atomic E-state index is 0.211. The van der Waals surface area contributed by atoms with Gasteiger partial charge in [0.15, 0.2) is 0 Å². The van der Waals surface area contributed by atoms with Gasteiger partial charge in [0.25, 0.3) is 0 Å². The second kappa shape index (κ2) is 9.47. The lowest BCUT2D eigenvalue weighted by atomic mass is 9.86. The molecule has 0 atom stereocenters. The number of carboxylic acids is 1. The molecule has 0 saturated carbocycles. The topological polar surface area (TPSA) is 49.8 Å². The highest BCUT2D eigenvalue weighted by Gasteiger charge is 2.22. The van der Waals surface area contributed by atoms with Crippen molar-refractivity contribution in [2.75, 3.05) is 26.2 Å². The van der Waals surface area contributed by atoms with E-state index in [4.69, 9.17) is 4.74 Å². The van der Waals surface area contributed by atoms with Crippen molar-refractivity contribution in [3.05, 3.63) is 106 Å². The zero-order valence-electron chi connectivity index (χ0n) is 18.5. The number of hydrogen-bond acceptors (Lipinski definition) is 3. The van der Waals surface area contributed by atoms with E-state index in [9.17, 15) is 9.90 Å². The molecule has 1 fully saturated rings. The highest BCUT2D eigenvalue weighted by atomic mass is 16.5. The van der Waals surface area contributed by atoms with E-state index in [0.29, 0.717) is 12.4 Å². The van der Waals surface area contributed by atoms with Crippen LogP contribution in [0.1, 0.15) is 45.5 Å². The monoisotopic (exact) mass is 437 g/mol. The number of carboxylic acid groups (broad SMARTS) is 1. The number of likely N-dealkylation sites (tertiary alicyclic amines) is 1. The summed E-state index contributed by atoms with van der Waals surface area (Å²) >= 11 is 0. The summed E-state index contributed by atoms with van der Waals surface area (Å²) in [6, 6.07) is 24.2. The highest BCUT2D eigenvalue weighted by molar-refractivity contribution is 5.95. The van der Waals surface area contributed by atoms with Gasteiger partial charge in [0.1, 0.15) is 17.9 Å². The van der Waals surface area contributed by atoms with E-state index in [1.54, 1.807) is 24.3 Å². The second-order valence-electron chi connectivity index (χ2n) is 8.48. The van der Waals surface area contributed by atoms with Gasteiger partial charge in [-0.1, -0.05) is 78.4 Å². The molecule has 0 aromatic heterocycles. The Morgan fingerprint density at radius 3 is 2.03 bits per heavy atom. The number of ether oxygens (including phenoxy) is 1. The lowest BCUT2D eigenvalue weighted by Gasteiger charge is -2.30. The number of aromatic carboxylic acids is 1. The van der Waals surface area contributed by atoms with Crippen LogP contribution in [0.4, 0.5) is 0 Å². The predicted octanol–water partition coefficient (Wildman–Crippen LogP) is 5.85. The number of carbonyl (C=O) groups is 1. The fourth-order valence-electron chi connectivity index (χ4n) is 4.80. The van der Waals surface area contributed by atoms with Gasteiger partial charge in [-0.25, -0.2) is 4.79 Å². The quantitative estimate of drug-likeness (QED) is 0.426. The summed E-state index contributed by atoms with van der Waals surface area (Å²) < 4.78 is 5.81. The van der Waals surface area contributed by atoms with Crippen molar-refractivity contribution in [2.45, 2.75) is 12.8 Å². The van der Waals surface area contributed by atoms with Crippen LogP contribution in [0.2, 0.25) is 0 Å². The van der Waals surface area contributed by atoms with E-state index >= 15 is 0 Å². The molecule has 1 saturated heterocycles. The molecular formula is C29H27NO3. The Hall–Kier alpha value is -3.63. The second-order valence-corrected chi connectivity index (χ2v) is 8.48. The third-order valence-corrected chi connectivity index (χ3v) is 6.50. The Morgan fingerprint density at radius 2 is 1.39 bits per heavy atom. The molecular weight excluding hydrogens is 410 g/mol. The third-order valence-electron chi connectivity index (χ3n) is 6.50. The van der Waals surface area contributed by atoms with Crippen molar-refractivity contribution in [3.63, 3.8) is 0 Å². The number of rotatable bonds is 5. The molecule has 4 heteroatoms. The van der Waals surface area contributed by atoms with Crippen LogP contribution in [0.25, 0.3) is 17.7 Å². The summed E-state index contributed by atoms with van der Waals surface area (Å²) in [4.78, 5) is 13.8. The molecule has 0 radical (unpaired) electrons. The number of benzene rings is 3. The molecule has 1 aliphatic heterocycles. The Bertz CT molecular complexity index is 1180. The van der Waals surface area contributed by atoms with Gasteiger partial charge in [-0.05, 0) is 52.8 Å². The zero-order valence-corrected chi connectivity index (χ0v) is 18.5. The number of nitrogens with zero attached hydrogens (tertiary/aromatic N) is 1. The molecule has 1 N–H and O–H groups in total. The summed E-state index contributed by atoms with van der Waals surface area (Å²) in [6.45, 7) is 3.21. The highest BCUT2D eigenvalue weighted by Crippen LogP contribution is 2.38. The summed E-state index contributed by atoms with van der Waals surface area (Å²) in [7, 11) is 0. The molecule has 33 heavy (non-hydrogen) atoms. The van der Waals surface area contributed by atoms with Crippen LogP contribution < -0.4 is 4.74 Å². The van der Waals surface area contributed by atoms with Crippen LogP contribution in [0.5, 0.6) is 5.75 Å². The zero-order chi connectivity index (χ0) is 22.6. The summed E-state index contributed by atoms with van der Waals surface area (Å²) in [5.41, 5.74) is 8.27. The lowest BCUT2D eigenvalue weighted by Crippen LogP contribution is -2.34. The van der Waals surface area contributed by atoms with Crippen LogP contribution in [-0.4, -0.2) is 42.2 Å². The fraction of sp³-hybridized carbons (Fsp3) is 0.207. The maximum atomic E-state index is 11.4. The molecule has 5 rings (SSSR count). The first-order valence-electron chi connectivity index (χ1n) is 11.5. The summed E-state index contributed by atoms with van der Waals surface area (Å²) in [5, 5.41) is 9.33. The number of para-hydroxylation sites is 1. The molecule has 1 aliphatic carbocycles. The first-order valence-corrected chi connectivity index (χ1v) is 11.5. The van der Waals surface area contributed by atoms with Crippen molar-refractivity contribution >= 4 is 23.7 Å². The molecule has 3 aromatic rings. The molecule has 166 valence electrons. The smallest absolute Gasteiger partial charge is 0.339 e. The minimum atomic E-state index is -0.960. The van der Waals surface area contributed by atoms with Gasteiger partial charge in [0.2, 0.25) is 0 Å². The van der Waals surface area contributed by atoms with E-state index in [1.807, 2.05) is 0 Å². The van der Waals surface area contributed by atoms with E-state index < -0.39 is 5.97 Å². The van der Waals surface area contributed by atoms with Gasteiger partial charge in [0.05, 0.1) is 0 Å². The third kappa shape index (κ3) is 4.48. The van der Waals surface area contributed by atoms with Crippen molar-refractivity contribution in [2.24, 2.45) is 0 Å². The first-order chi connectivity index (χ1) is 16.2. The fourth-order valence-corrected chi connectivity index (χ4v) is 4.80. The Kier molecular flexibility index (Phi) is 6.09. The molecule has 4 nitrogen and oxygen atoms in total. The van der Waals surface area contributed by atoms with Gasteiger partial charge in [-0.2, -0.15) is 0 Å². The SMILES string of the molecule is O=C(O)c1ccccc1OCCN1CCC(=C2c3ccccc3C=Cc3ccccc32)CC1. The molecule has 1 heterocycles. The minimum Gasteiger partial charge on any atom is -0.491 e. The average molecular weight is 438 g/mol. The van der Waals surface area contributed by atoms with E-state index in [0.717, 1.165) is 32.5 Å². The Morgan fingerprint density at radius 1 is 0.818 bits per heavy atom. The lowest BCUT2D eigenvalue weighted by molar-refractivity contribution is 0.0691. The van der Waals surface area contributed by atoms with Crippen LogP contribution in [-0.2, 0) is 0 Å². The molecule has 0 amide bonds. The van der Waals surface area contributed by atoms with Crippen LogP contribution in [0, 0.1) is 0 Å². The Labute approximate surface area is 194 Å². The van der Waals surface area contributed by atoms with Crippen molar-refractivity contribution in [3.8, 4) is 5.75 Å². The standard InChI is InChI=1S/C29H27NO3/c31-29(32)26-11-5-6-12-27(26)33-20-19-30-17-15-23(16-18-30)28-24-9-3-1-7-21(24)13-14-22-8-2-4-10-25(22)28/h1-14H,15-20H2,(H,31,32). The van der Waals surface area contributed by atoms with Gasteiger partial charge in [0, 0.05) is 19.6 Å². The van der Waals surface area contributed by atoms with E-state index in [-0.39, 0.29) is 5.56 Å². The van der Waals surface area contributed by atoms with E-state index in [1.165, 1.54) is 33.4 Å². The number of hydrogen-bond donors (Lipinski definition) is 1. The van der Waals surface area contributed by atoms with Crippen molar-refractivity contribution in [1.82, 2.24) is 4.90 Å². The maximum Gasteiger partial charge on any atom is 0.339 e. The van der Waals surface area contributed by atoms with Gasteiger partial charge >= 0.3 is 5.97 Å². The summed E-state index contributed by atoms with van der Waals surface area (Å²) in [5.74, 6) is -0.526. The molecule has 3 aromatic carbocycles. The van der Waals surface area contributed by atoms with Crippen LogP contribution in [0.15, 0.2) is 78.4 Å². The van der Waals surface area contributed by atoms with Crippen molar-refractivity contribution < 1.29 is 14.6 Å². The maximum absolute atomic E-state index is 11.4. The number of fused-ring (bicyclic) bond motifs is 2. The molecule has 0 spiro atoms. The van der Waals surface area contributed by atoms with Crippen LogP contribution >= 0.6 is 0 Å². The molecule has 0 unspecified atom stereocenters. The van der Waals surface area contributed by atoms with Gasteiger partial charge in [-0.3, -0.25) is 4.90 Å². The van der Waals surface area contributed by atoms with Gasteiger partial charge < -0.3 is 9.84 Å². The molecule has 0 bridgehead atoms. The normalized spacial score (nSPS) is 15.5. The average Bonchev–Trinajstić information content (AvgIpc) is 3.02.